The molecule has 0 saturated heterocycles. The van der Waals surface area contributed by atoms with Gasteiger partial charge in [-0.3, -0.25) is 4.79 Å². The zero-order valence-electron chi connectivity index (χ0n) is 31.3. The van der Waals surface area contributed by atoms with Crippen molar-refractivity contribution in [3.63, 3.8) is 0 Å². The molecule has 56 heavy (non-hydrogen) atoms. The number of alkyl halides is 17. The maximum absolute atomic E-state index is 14.5. The first-order valence-corrected chi connectivity index (χ1v) is 18.7. The number of rotatable bonds is 14. The molecule has 0 aromatic carbocycles. The van der Waals surface area contributed by atoms with Gasteiger partial charge in [-0.25, -0.2) is 0 Å². The number of esters is 1. The van der Waals surface area contributed by atoms with E-state index in [2.05, 4.69) is 27.7 Å². The van der Waals surface area contributed by atoms with E-state index < -0.39 is 71.5 Å². The summed E-state index contributed by atoms with van der Waals surface area (Å²) in [6, 6.07) is 0. The summed E-state index contributed by atoms with van der Waals surface area (Å²) >= 11 is 0. The van der Waals surface area contributed by atoms with Crippen molar-refractivity contribution in [3.05, 3.63) is 11.6 Å². The molecule has 0 aliphatic heterocycles. The molecule has 2 nitrogen and oxygen atoms in total. The molecule has 0 aromatic heterocycles. The number of halogens is 17. The largest absolute Gasteiger partial charge is 0.462 e. The minimum absolute atomic E-state index is 0.0365. The van der Waals surface area contributed by atoms with E-state index in [0.29, 0.717) is 42.4 Å². The second-order valence-electron chi connectivity index (χ2n) is 17.5. The molecule has 8 unspecified atom stereocenters. The smallest absolute Gasteiger partial charge is 0.460 e. The first kappa shape index (κ1) is 46.7. The van der Waals surface area contributed by atoms with Crippen molar-refractivity contribution in [1.82, 2.24) is 0 Å². The Morgan fingerprint density at radius 2 is 1.23 bits per heavy atom. The lowest BCUT2D eigenvalue weighted by Crippen LogP contribution is -2.74. The van der Waals surface area contributed by atoms with Crippen molar-refractivity contribution >= 4 is 5.97 Å². The molecule has 0 N–H and O–H groups in total. The first-order chi connectivity index (χ1) is 25.1. The van der Waals surface area contributed by atoms with Crippen LogP contribution in [0.3, 0.4) is 0 Å². The zero-order chi connectivity index (χ0) is 43.1. The van der Waals surface area contributed by atoms with Gasteiger partial charge in [0, 0.05) is 6.42 Å². The Morgan fingerprint density at radius 1 is 0.696 bits per heavy atom. The van der Waals surface area contributed by atoms with Crippen molar-refractivity contribution < 1.29 is 84.2 Å². The summed E-state index contributed by atoms with van der Waals surface area (Å²) in [6.07, 6.45) is -2.10. The molecule has 4 aliphatic carbocycles. The number of carbonyl (C=O) groups excluding carboxylic acids is 1. The number of fused-ring (bicyclic) bond motifs is 5. The molecule has 0 spiro atoms. The van der Waals surface area contributed by atoms with Gasteiger partial charge in [0.05, 0.1) is 0 Å². The Kier molecular flexibility index (Phi) is 12.2. The molecule has 0 radical (unpaired) electrons. The van der Waals surface area contributed by atoms with Crippen LogP contribution in [0.25, 0.3) is 0 Å². The van der Waals surface area contributed by atoms with Crippen LogP contribution in [0.5, 0.6) is 0 Å². The molecule has 0 amide bonds. The molecule has 326 valence electrons. The predicted octanol–water partition coefficient (Wildman–Crippen LogP) is 13.3. The number of allylic oxidation sites excluding steroid dienone is 1. The summed E-state index contributed by atoms with van der Waals surface area (Å²) in [5.41, 5.74) is 0.464. The van der Waals surface area contributed by atoms with Crippen molar-refractivity contribution in [3.8, 4) is 0 Å². The highest BCUT2D eigenvalue weighted by Gasteiger charge is 2.95. The van der Waals surface area contributed by atoms with Crippen molar-refractivity contribution in [1.29, 1.82) is 0 Å². The lowest BCUT2D eigenvalue weighted by atomic mass is 9.47. The summed E-state index contributed by atoms with van der Waals surface area (Å²) < 4.78 is 237. The number of hydrogen-bond donors (Lipinski definition) is 0. The summed E-state index contributed by atoms with van der Waals surface area (Å²) in [5.74, 6) is -57.1. The quantitative estimate of drug-likeness (QED) is 0.0989. The van der Waals surface area contributed by atoms with Gasteiger partial charge in [-0.1, -0.05) is 65.5 Å². The van der Waals surface area contributed by atoms with Crippen LogP contribution in [0.2, 0.25) is 0 Å². The van der Waals surface area contributed by atoms with Gasteiger partial charge < -0.3 is 4.74 Å². The average Bonchev–Trinajstić information content (AvgIpc) is 3.40. The van der Waals surface area contributed by atoms with E-state index in [1.54, 1.807) is 0 Å². The fourth-order valence-corrected chi connectivity index (χ4v) is 10.5. The highest BCUT2D eigenvalue weighted by Crippen LogP contribution is 2.68. The fraction of sp³-hybridized carbons (Fsp3) is 0.919. The van der Waals surface area contributed by atoms with Gasteiger partial charge in [-0.2, -0.15) is 74.6 Å². The predicted molar refractivity (Wildman–Crippen MR) is 168 cm³/mol. The third-order valence-corrected chi connectivity index (χ3v) is 13.7. The van der Waals surface area contributed by atoms with Crippen molar-refractivity contribution in [2.75, 3.05) is 0 Å². The molecule has 0 aromatic rings. The fourth-order valence-electron chi connectivity index (χ4n) is 10.5. The van der Waals surface area contributed by atoms with Gasteiger partial charge in [0.25, 0.3) is 0 Å². The molecule has 8 atom stereocenters. The lowest BCUT2D eigenvalue weighted by molar-refractivity contribution is -0.461. The highest BCUT2D eigenvalue weighted by atomic mass is 19.4. The summed E-state index contributed by atoms with van der Waals surface area (Å²) in [6.45, 7) is 11.1. The number of hydrogen-bond acceptors (Lipinski definition) is 2. The summed E-state index contributed by atoms with van der Waals surface area (Å²) in [4.78, 5) is 12.4. The number of ether oxygens (including phenoxy) is 1. The second kappa shape index (κ2) is 14.6. The maximum Gasteiger partial charge on any atom is 0.460 e. The molecule has 0 bridgehead atoms. The van der Waals surface area contributed by atoms with Crippen LogP contribution in [0.4, 0.5) is 74.6 Å². The Balaban J connectivity index is 1.45. The lowest BCUT2D eigenvalue weighted by Gasteiger charge is -2.58. The monoisotopic (exact) mass is 846 g/mol. The molecule has 0 heterocycles. The van der Waals surface area contributed by atoms with E-state index in [9.17, 15) is 79.4 Å². The van der Waals surface area contributed by atoms with Gasteiger partial charge in [-0.05, 0) is 91.3 Å². The molecule has 4 aliphatic rings. The molecular weight excluding hydrogens is 799 g/mol. The van der Waals surface area contributed by atoms with Gasteiger partial charge in [0.1, 0.15) is 12.5 Å². The Morgan fingerprint density at radius 3 is 1.77 bits per heavy atom. The molecule has 19 heteroatoms. The van der Waals surface area contributed by atoms with E-state index >= 15 is 0 Å². The minimum Gasteiger partial charge on any atom is -0.462 e. The summed E-state index contributed by atoms with van der Waals surface area (Å²) in [7, 11) is 0. The molecule has 4 rings (SSSR count). The van der Waals surface area contributed by atoms with Crippen LogP contribution in [-0.4, -0.2) is 59.7 Å². The molecule has 3 fully saturated rings. The Bertz CT molecular complexity index is 1470. The second-order valence-corrected chi connectivity index (χ2v) is 17.5. The van der Waals surface area contributed by atoms with Gasteiger partial charge in [0.2, 0.25) is 0 Å². The Hall–Kier alpha value is -1.98. The van der Waals surface area contributed by atoms with E-state index in [1.165, 1.54) is 0 Å². The summed E-state index contributed by atoms with van der Waals surface area (Å²) in [5, 5.41) is 0. The topological polar surface area (TPSA) is 26.3 Å². The van der Waals surface area contributed by atoms with Crippen LogP contribution in [-0.2, 0) is 9.53 Å². The SMILES string of the molecule is CC(C)CCCC(C)C1CCC2C3CC=C4CC(OC(=O)CC(F)(F)C(F)(F)C(F)(F)C(F)(F)C(F)(F)C(F)(F)C(F)(F)C(F)(F)F)CCC4(C)C3CCC12C. The van der Waals surface area contributed by atoms with E-state index in [1.807, 2.05) is 13.0 Å². The van der Waals surface area contributed by atoms with Gasteiger partial charge in [-0.15, -0.1) is 0 Å². The highest BCUT2D eigenvalue weighted by molar-refractivity contribution is 5.71. The van der Waals surface area contributed by atoms with E-state index in [0.717, 1.165) is 50.5 Å². The third-order valence-electron chi connectivity index (χ3n) is 13.7. The molecule has 3 saturated carbocycles. The average molecular weight is 847 g/mol. The van der Waals surface area contributed by atoms with E-state index in [4.69, 9.17) is 4.74 Å². The van der Waals surface area contributed by atoms with Crippen molar-refractivity contribution in [2.45, 2.75) is 165 Å². The Labute approximate surface area is 313 Å². The van der Waals surface area contributed by atoms with Crippen molar-refractivity contribution in [2.24, 2.45) is 46.3 Å². The number of carbonyl (C=O) groups is 1. The minimum atomic E-state index is -8.72. The van der Waals surface area contributed by atoms with Crippen LogP contribution in [0.1, 0.15) is 112 Å². The first-order valence-electron chi connectivity index (χ1n) is 18.7. The standard InChI is InChI=1S/C37H47F17O2/c1-19(2)7-6-8-20(3)24-11-12-25-23-10-9-21-17-22(13-15-28(21,4)26(23)14-16-29(24,25)5)56-27(55)18-30(38,39)31(40,41)32(42,43)33(44,45)34(46,47)35(48,49)36(50,51)37(52,53)54/h9,19-20,22-26H,6-8,10-18H2,1-5H3. The van der Waals surface area contributed by atoms with Crippen LogP contribution < -0.4 is 0 Å². The molecular formula is C37H47F17O2. The maximum atomic E-state index is 14.5. The van der Waals surface area contributed by atoms with Crippen LogP contribution in [0, 0.1) is 46.3 Å². The van der Waals surface area contributed by atoms with Gasteiger partial charge in [0.15, 0.2) is 0 Å². The van der Waals surface area contributed by atoms with Crippen LogP contribution in [0.15, 0.2) is 11.6 Å². The normalized spacial score (nSPS) is 31.7. The zero-order valence-corrected chi connectivity index (χ0v) is 31.3. The third kappa shape index (κ3) is 7.11. The van der Waals surface area contributed by atoms with Gasteiger partial charge >= 0.3 is 53.6 Å². The van der Waals surface area contributed by atoms with E-state index in [-0.39, 0.29) is 24.2 Å². The van der Waals surface area contributed by atoms with Crippen LogP contribution >= 0.6 is 0 Å².